The van der Waals surface area contributed by atoms with Gasteiger partial charge in [-0.3, -0.25) is 4.90 Å². The van der Waals surface area contributed by atoms with Gasteiger partial charge in [-0.15, -0.1) is 0 Å². The maximum Gasteiger partial charge on any atom is 0.152 e. The first-order valence-corrected chi connectivity index (χ1v) is 7.61. The van der Waals surface area contributed by atoms with Crippen molar-refractivity contribution in [1.82, 2.24) is 14.5 Å². The third-order valence-corrected chi connectivity index (χ3v) is 4.39. The van der Waals surface area contributed by atoms with Gasteiger partial charge in [0.2, 0.25) is 0 Å². The first kappa shape index (κ1) is 13.7. The second-order valence-corrected chi connectivity index (χ2v) is 6.00. The molecule has 0 unspecified atom stereocenters. The van der Waals surface area contributed by atoms with Crippen molar-refractivity contribution in [2.24, 2.45) is 5.92 Å². The summed E-state index contributed by atoms with van der Waals surface area (Å²) in [5.41, 5.74) is 2.23. The lowest BCUT2D eigenvalue weighted by Crippen LogP contribution is -2.32. The van der Waals surface area contributed by atoms with Crippen LogP contribution in [0.2, 0.25) is 5.15 Å². The lowest BCUT2D eigenvalue weighted by atomic mass is 9.99. The van der Waals surface area contributed by atoms with Gasteiger partial charge in [0.25, 0.3) is 0 Å². The number of halogens is 1. The summed E-state index contributed by atoms with van der Waals surface area (Å²) in [4.78, 5) is 6.69. The van der Waals surface area contributed by atoms with Gasteiger partial charge in [-0.25, -0.2) is 4.98 Å². The smallest absolute Gasteiger partial charge is 0.152 e. The molecule has 3 nitrogen and oxygen atoms in total. The van der Waals surface area contributed by atoms with Crippen LogP contribution in [0.25, 0.3) is 5.69 Å². The summed E-state index contributed by atoms with van der Waals surface area (Å²) < 4.78 is 2.15. The zero-order valence-electron chi connectivity index (χ0n) is 11.8. The Bertz CT molecular complexity index is 571. The van der Waals surface area contributed by atoms with Crippen molar-refractivity contribution in [2.45, 2.75) is 26.3 Å². The van der Waals surface area contributed by atoms with Crippen molar-refractivity contribution in [3.05, 3.63) is 47.5 Å². The second-order valence-electron chi connectivity index (χ2n) is 5.64. The van der Waals surface area contributed by atoms with Crippen molar-refractivity contribution in [2.75, 3.05) is 13.1 Å². The van der Waals surface area contributed by atoms with Crippen molar-refractivity contribution < 1.29 is 0 Å². The van der Waals surface area contributed by atoms with Crippen LogP contribution in [0.1, 0.15) is 25.5 Å². The van der Waals surface area contributed by atoms with Crippen LogP contribution in [0.15, 0.2) is 36.7 Å². The van der Waals surface area contributed by atoms with Crippen LogP contribution in [-0.2, 0) is 6.54 Å². The number of nitrogens with zero attached hydrogens (tertiary/aromatic N) is 3. The fourth-order valence-electron chi connectivity index (χ4n) is 2.79. The molecule has 1 aliphatic rings. The molecular weight excluding hydrogens is 270 g/mol. The molecule has 1 aliphatic heterocycles. The largest absolute Gasteiger partial charge is 0.317 e. The van der Waals surface area contributed by atoms with Crippen molar-refractivity contribution in [1.29, 1.82) is 0 Å². The number of aromatic nitrogens is 2. The molecule has 0 spiro atoms. The number of hydrogen-bond donors (Lipinski definition) is 0. The molecule has 3 rings (SSSR count). The van der Waals surface area contributed by atoms with Gasteiger partial charge in [-0.2, -0.15) is 0 Å². The van der Waals surface area contributed by atoms with E-state index in [9.17, 15) is 0 Å². The van der Waals surface area contributed by atoms with Gasteiger partial charge >= 0.3 is 0 Å². The molecule has 0 atom stereocenters. The zero-order chi connectivity index (χ0) is 13.9. The number of likely N-dealkylation sites (tertiary alicyclic amines) is 1. The van der Waals surface area contributed by atoms with E-state index in [4.69, 9.17) is 11.6 Å². The standard InChI is InChI=1S/C16H20ClN3/c1-13-6-10-19(11-7-13)12-14-4-3-9-20(14)15-5-2-8-18-16(15)17/h2-5,8-9,13H,6-7,10-12H2,1H3. The van der Waals surface area contributed by atoms with Crippen LogP contribution in [0, 0.1) is 5.92 Å². The van der Waals surface area contributed by atoms with Crippen LogP contribution < -0.4 is 0 Å². The molecular formula is C16H20ClN3. The highest BCUT2D eigenvalue weighted by Crippen LogP contribution is 2.22. The normalized spacial score (nSPS) is 17.5. The number of rotatable bonds is 3. The number of hydrogen-bond acceptors (Lipinski definition) is 2. The minimum Gasteiger partial charge on any atom is -0.317 e. The minimum absolute atomic E-state index is 0.553. The Morgan fingerprint density at radius 2 is 2.05 bits per heavy atom. The van der Waals surface area contributed by atoms with Crippen molar-refractivity contribution in [3.63, 3.8) is 0 Å². The van der Waals surface area contributed by atoms with Gasteiger partial charge in [0.1, 0.15) is 0 Å². The maximum atomic E-state index is 6.20. The third kappa shape index (κ3) is 2.89. The molecule has 1 saturated heterocycles. The number of pyridine rings is 1. The maximum absolute atomic E-state index is 6.20. The molecule has 0 radical (unpaired) electrons. The summed E-state index contributed by atoms with van der Waals surface area (Å²) in [7, 11) is 0. The van der Waals surface area contributed by atoms with Crippen LogP contribution >= 0.6 is 11.6 Å². The molecule has 3 heterocycles. The average molecular weight is 290 g/mol. The third-order valence-electron chi connectivity index (χ3n) is 4.09. The Balaban J connectivity index is 1.79. The summed E-state index contributed by atoms with van der Waals surface area (Å²) in [5, 5.41) is 0.553. The quantitative estimate of drug-likeness (QED) is 0.802. The molecule has 106 valence electrons. The van der Waals surface area contributed by atoms with E-state index in [-0.39, 0.29) is 0 Å². The second kappa shape index (κ2) is 5.98. The summed E-state index contributed by atoms with van der Waals surface area (Å²) in [6.45, 7) is 5.70. The summed E-state index contributed by atoms with van der Waals surface area (Å²) >= 11 is 6.20. The lowest BCUT2D eigenvalue weighted by molar-refractivity contribution is 0.182. The SMILES string of the molecule is CC1CCN(Cc2cccn2-c2cccnc2Cl)CC1. The summed E-state index contributed by atoms with van der Waals surface area (Å²) in [5.74, 6) is 0.866. The Kier molecular flexibility index (Phi) is 4.08. The molecule has 0 aliphatic carbocycles. The molecule has 4 heteroatoms. The number of piperidine rings is 1. The summed E-state index contributed by atoms with van der Waals surface area (Å²) in [6.07, 6.45) is 6.38. The van der Waals surface area contributed by atoms with Crippen LogP contribution in [0.5, 0.6) is 0 Å². The van der Waals surface area contributed by atoms with E-state index in [0.29, 0.717) is 5.15 Å². The van der Waals surface area contributed by atoms with Gasteiger partial charge in [-0.1, -0.05) is 18.5 Å². The van der Waals surface area contributed by atoms with Crippen molar-refractivity contribution >= 4 is 11.6 Å². The van der Waals surface area contributed by atoms with Crippen LogP contribution in [0.4, 0.5) is 0 Å². The van der Waals surface area contributed by atoms with Gasteiger partial charge in [0, 0.05) is 24.6 Å². The first-order chi connectivity index (χ1) is 9.74. The molecule has 0 amide bonds. The fourth-order valence-corrected chi connectivity index (χ4v) is 3.00. The Hall–Kier alpha value is -1.32. The molecule has 0 saturated carbocycles. The van der Waals surface area contributed by atoms with E-state index in [1.165, 1.54) is 31.6 Å². The van der Waals surface area contributed by atoms with Gasteiger partial charge in [-0.05, 0) is 56.1 Å². The molecule has 0 bridgehead atoms. The predicted molar refractivity (Wildman–Crippen MR) is 82.2 cm³/mol. The van der Waals surface area contributed by atoms with E-state index in [1.807, 2.05) is 12.1 Å². The van der Waals surface area contributed by atoms with E-state index in [2.05, 4.69) is 39.7 Å². The van der Waals surface area contributed by atoms with Gasteiger partial charge in [0.15, 0.2) is 5.15 Å². The monoisotopic (exact) mass is 289 g/mol. The highest BCUT2D eigenvalue weighted by atomic mass is 35.5. The van der Waals surface area contributed by atoms with E-state index >= 15 is 0 Å². The Morgan fingerprint density at radius 1 is 1.25 bits per heavy atom. The van der Waals surface area contributed by atoms with Crippen molar-refractivity contribution in [3.8, 4) is 5.69 Å². The van der Waals surface area contributed by atoms with E-state index in [1.54, 1.807) is 6.20 Å². The molecule has 1 fully saturated rings. The predicted octanol–water partition coefficient (Wildman–Crippen LogP) is 3.76. The first-order valence-electron chi connectivity index (χ1n) is 7.23. The Labute approximate surface area is 125 Å². The fraction of sp³-hybridized carbons (Fsp3) is 0.438. The van der Waals surface area contributed by atoms with Crippen LogP contribution in [0.3, 0.4) is 0 Å². The average Bonchev–Trinajstić information content (AvgIpc) is 2.90. The lowest BCUT2D eigenvalue weighted by Gasteiger charge is -2.30. The van der Waals surface area contributed by atoms with E-state index < -0.39 is 0 Å². The molecule has 0 N–H and O–H groups in total. The highest BCUT2D eigenvalue weighted by Gasteiger charge is 2.17. The molecule has 0 aromatic carbocycles. The minimum atomic E-state index is 0.553. The molecule has 20 heavy (non-hydrogen) atoms. The highest BCUT2D eigenvalue weighted by molar-refractivity contribution is 6.31. The van der Waals surface area contributed by atoms with Gasteiger partial charge < -0.3 is 4.57 Å². The van der Waals surface area contributed by atoms with E-state index in [0.717, 1.165) is 18.2 Å². The summed E-state index contributed by atoms with van der Waals surface area (Å²) in [6, 6.07) is 8.18. The van der Waals surface area contributed by atoms with Gasteiger partial charge in [0.05, 0.1) is 5.69 Å². The topological polar surface area (TPSA) is 21.1 Å². The molecule has 2 aromatic rings. The molecule has 2 aromatic heterocycles. The van der Waals surface area contributed by atoms with Crippen LogP contribution in [-0.4, -0.2) is 27.5 Å². The zero-order valence-corrected chi connectivity index (χ0v) is 12.6. The Morgan fingerprint density at radius 3 is 2.80 bits per heavy atom.